The number of hydrogen-bond donors (Lipinski definition) is 1. The van der Waals surface area contributed by atoms with Crippen LogP contribution in [0.25, 0.3) is 0 Å². The number of benzene rings is 1. The van der Waals surface area contributed by atoms with E-state index in [9.17, 15) is 9.50 Å². The highest BCUT2D eigenvalue weighted by molar-refractivity contribution is 5.20. The number of terminal acetylenes is 1. The highest BCUT2D eigenvalue weighted by Crippen LogP contribution is 2.18. The molecule has 0 aliphatic carbocycles. The fraction of sp³-hybridized carbons (Fsp3) is 0.200. The van der Waals surface area contributed by atoms with Crippen LogP contribution in [0.4, 0.5) is 4.39 Å². The second-order valence-electron chi connectivity index (χ2n) is 2.45. The number of aliphatic hydroxyl groups is 1. The summed E-state index contributed by atoms with van der Waals surface area (Å²) >= 11 is 0. The Morgan fingerprint density at radius 2 is 2.17 bits per heavy atom. The van der Waals surface area contributed by atoms with Gasteiger partial charge < -0.3 is 5.11 Å². The molecule has 0 bridgehead atoms. The summed E-state index contributed by atoms with van der Waals surface area (Å²) in [5.41, 5.74) is 0.260. The van der Waals surface area contributed by atoms with Crippen molar-refractivity contribution < 1.29 is 9.50 Å². The Morgan fingerprint density at radius 3 is 2.75 bits per heavy atom. The van der Waals surface area contributed by atoms with E-state index in [-0.39, 0.29) is 12.0 Å². The van der Waals surface area contributed by atoms with Crippen molar-refractivity contribution >= 4 is 0 Å². The Bertz CT molecular complexity index is 301. The van der Waals surface area contributed by atoms with Gasteiger partial charge in [-0.1, -0.05) is 18.2 Å². The molecule has 0 heterocycles. The zero-order valence-electron chi connectivity index (χ0n) is 6.50. The molecule has 1 rings (SSSR count). The monoisotopic (exact) mass is 164 g/mol. The third-order valence-corrected chi connectivity index (χ3v) is 1.58. The van der Waals surface area contributed by atoms with Crippen LogP contribution in [0.3, 0.4) is 0 Å². The van der Waals surface area contributed by atoms with E-state index in [1.807, 2.05) is 0 Å². The lowest BCUT2D eigenvalue weighted by molar-refractivity contribution is 0.179. The average molecular weight is 164 g/mol. The predicted molar refractivity (Wildman–Crippen MR) is 44.8 cm³/mol. The number of aliphatic hydroxyl groups excluding tert-OH is 1. The number of hydrogen-bond acceptors (Lipinski definition) is 1. The Balaban J connectivity index is 2.88. The molecule has 0 aliphatic rings. The fourth-order valence-electron chi connectivity index (χ4n) is 0.967. The second-order valence-corrected chi connectivity index (χ2v) is 2.45. The maximum atomic E-state index is 12.9. The Morgan fingerprint density at radius 1 is 1.50 bits per heavy atom. The molecule has 0 unspecified atom stereocenters. The molecule has 1 aromatic carbocycles. The van der Waals surface area contributed by atoms with Gasteiger partial charge >= 0.3 is 0 Å². The van der Waals surface area contributed by atoms with Crippen LogP contribution in [0, 0.1) is 18.2 Å². The Kier molecular flexibility index (Phi) is 2.84. The number of rotatable bonds is 2. The molecule has 0 saturated heterocycles. The van der Waals surface area contributed by atoms with Gasteiger partial charge in [0, 0.05) is 12.0 Å². The van der Waals surface area contributed by atoms with E-state index in [4.69, 9.17) is 6.42 Å². The van der Waals surface area contributed by atoms with Crippen LogP contribution in [0.1, 0.15) is 18.1 Å². The second kappa shape index (κ2) is 3.89. The predicted octanol–water partition coefficient (Wildman–Crippen LogP) is 1.88. The molecule has 1 atom stereocenters. The first-order valence-corrected chi connectivity index (χ1v) is 3.61. The van der Waals surface area contributed by atoms with Gasteiger partial charge in [0.2, 0.25) is 0 Å². The molecule has 62 valence electrons. The summed E-state index contributed by atoms with van der Waals surface area (Å²) in [5, 5.41) is 9.32. The summed E-state index contributed by atoms with van der Waals surface area (Å²) in [6.07, 6.45) is 4.23. The van der Waals surface area contributed by atoms with E-state index in [1.165, 1.54) is 12.1 Å². The van der Waals surface area contributed by atoms with Crippen molar-refractivity contribution in [2.75, 3.05) is 0 Å². The van der Waals surface area contributed by atoms with Gasteiger partial charge in [-0.25, -0.2) is 4.39 Å². The Hall–Kier alpha value is -1.33. The van der Waals surface area contributed by atoms with Crippen LogP contribution < -0.4 is 0 Å². The van der Waals surface area contributed by atoms with Gasteiger partial charge in [0.25, 0.3) is 0 Å². The summed E-state index contributed by atoms with van der Waals surface area (Å²) in [5.74, 6) is 1.86. The van der Waals surface area contributed by atoms with Gasteiger partial charge in [-0.05, 0) is 6.07 Å². The van der Waals surface area contributed by atoms with E-state index in [2.05, 4.69) is 5.92 Å². The van der Waals surface area contributed by atoms with E-state index in [0.717, 1.165) is 0 Å². The lowest BCUT2D eigenvalue weighted by atomic mass is 10.1. The minimum absolute atomic E-state index is 0.140. The molecule has 1 aromatic rings. The van der Waals surface area contributed by atoms with Crippen LogP contribution in [0.15, 0.2) is 24.3 Å². The largest absolute Gasteiger partial charge is 0.387 e. The molecule has 0 amide bonds. The molecule has 0 spiro atoms. The number of halogens is 1. The molecule has 1 nitrogen and oxygen atoms in total. The lowest BCUT2D eigenvalue weighted by Gasteiger charge is -2.07. The standard InChI is InChI=1S/C10H9FO/c1-2-5-10(12)8-6-3-4-7-9(8)11/h1,3-4,6-7,10,12H,5H2/t10-/m1/s1. The summed E-state index contributed by atoms with van der Waals surface area (Å²) < 4.78 is 12.9. The van der Waals surface area contributed by atoms with Crippen molar-refractivity contribution in [1.29, 1.82) is 0 Å². The van der Waals surface area contributed by atoms with Crippen LogP contribution in [-0.2, 0) is 0 Å². The lowest BCUT2D eigenvalue weighted by Crippen LogP contribution is -1.98. The van der Waals surface area contributed by atoms with Crippen molar-refractivity contribution in [3.05, 3.63) is 35.6 Å². The van der Waals surface area contributed by atoms with E-state index < -0.39 is 11.9 Å². The van der Waals surface area contributed by atoms with Gasteiger partial charge in [0.15, 0.2) is 0 Å². The molecule has 0 fully saturated rings. The van der Waals surface area contributed by atoms with Crippen molar-refractivity contribution in [3.8, 4) is 12.3 Å². The molecule has 0 aliphatic heterocycles. The molecule has 1 N–H and O–H groups in total. The first-order valence-electron chi connectivity index (χ1n) is 3.61. The summed E-state index contributed by atoms with van der Waals surface area (Å²) in [7, 11) is 0. The first-order chi connectivity index (χ1) is 5.75. The van der Waals surface area contributed by atoms with Crippen molar-refractivity contribution in [1.82, 2.24) is 0 Å². The minimum Gasteiger partial charge on any atom is -0.387 e. The minimum atomic E-state index is -0.892. The summed E-state index contributed by atoms with van der Waals surface area (Å²) in [6.45, 7) is 0. The normalized spacial score (nSPS) is 12.1. The molecule has 0 saturated carbocycles. The summed E-state index contributed by atoms with van der Waals surface area (Å²) in [4.78, 5) is 0. The highest BCUT2D eigenvalue weighted by atomic mass is 19.1. The van der Waals surface area contributed by atoms with E-state index in [1.54, 1.807) is 12.1 Å². The maximum absolute atomic E-state index is 12.9. The topological polar surface area (TPSA) is 20.2 Å². The smallest absolute Gasteiger partial charge is 0.129 e. The van der Waals surface area contributed by atoms with Gasteiger partial charge in [-0.3, -0.25) is 0 Å². The van der Waals surface area contributed by atoms with Gasteiger partial charge in [-0.2, -0.15) is 0 Å². The van der Waals surface area contributed by atoms with E-state index >= 15 is 0 Å². The molecular formula is C10H9FO. The summed E-state index contributed by atoms with van der Waals surface area (Å²) in [6, 6.07) is 6.06. The zero-order chi connectivity index (χ0) is 8.97. The fourth-order valence-corrected chi connectivity index (χ4v) is 0.967. The highest BCUT2D eigenvalue weighted by Gasteiger charge is 2.09. The third-order valence-electron chi connectivity index (χ3n) is 1.58. The van der Waals surface area contributed by atoms with Gasteiger partial charge in [0.05, 0.1) is 6.10 Å². The maximum Gasteiger partial charge on any atom is 0.129 e. The van der Waals surface area contributed by atoms with Gasteiger partial charge in [0.1, 0.15) is 5.82 Å². The van der Waals surface area contributed by atoms with E-state index in [0.29, 0.717) is 0 Å². The molecule has 0 radical (unpaired) electrons. The van der Waals surface area contributed by atoms with Crippen LogP contribution in [0.2, 0.25) is 0 Å². The quantitative estimate of drug-likeness (QED) is 0.662. The van der Waals surface area contributed by atoms with Crippen LogP contribution in [-0.4, -0.2) is 5.11 Å². The molecule has 2 heteroatoms. The van der Waals surface area contributed by atoms with Crippen molar-refractivity contribution in [3.63, 3.8) is 0 Å². The van der Waals surface area contributed by atoms with Crippen molar-refractivity contribution in [2.24, 2.45) is 0 Å². The zero-order valence-corrected chi connectivity index (χ0v) is 6.50. The van der Waals surface area contributed by atoms with Crippen LogP contribution >= 0.6 is 0 Å². The molecule has 0 aromatic heterocycles. The Labute approximate surface area is 70.9 Å². The molecular weight excluding hydrogens is 155 g/mol. The van der Waals surface area contributed by atoms with Crippen molar-refractivity contribution in [2.45, 2.75) is 12.5 Å². The molecule has 12 heavy (non-hydrogen) atoms. The third kappa shape index (κ3) is 1.84. The first kappa shape index (κ1) is 8.76. The van der Waals surface area contributed by atoms with Gasteiger partial charge in [-0.15, -0.1) is 12.3 Å². The van der Waals surface area contributed by atoms with Crippen LogP contribution in [0.5, 0.6) is 0 Å². The average Bonchev–Trinajstić information content (AvgIpc) is 2.05. The SMILES string of the molecule is C#CC[C@@H](O)c1ccccc1F.